The van der Waals surface area contributed by atoms with Crippen molar-refractivity contribution in [1.82, 2.24) is 9.97 Å². The maximum Gasteiger partial charge on any atom is 0.221 e. The van der Waals surface area contributed by atoms with Crippen LogP contribution in [0.1, 0.15) is 5.69 Å². The quantitative estimate of drug-likeness (QED) is 0.587. The molecule has 5 nitrogen and oxygen atoms in total. The largest absolute Gasteiger partial charge is 0.386 e. The molecule has 0 aliphatic carbocycles. The van der Waals surface area contributed by atoms with E-state index in [9.17, 15) is 0 Å². The number of rotatable bonds is 0. The average Bonchev–Trinajstić information content (AvgIpc) is 2.06. The van der Waals surface area contributed by atoms with Crippen LogP contribution in [0.25, 0.3) is 0 Å². The number of fused-ring (bicyclic) bond motifs is 1. The third-order valence-electron chi connectivity index (χ3n) is 1.66. The van der Waals surface area contributed by atoms with Crippen molar-refractivity contribution in [2.45, 2.75) is 11.9 Å². The van der Waals surface area contributed by atoms with Crippen LogP contribution < -0.4 is 11.5 Å². The van der Waals surface area contributed by atoms with Gasteiger partial charge in [-0.25, -0.2) is 15.0 Å². The lowest BCUT2D eigenvalue weighted by Gasteiger charge is -2.12. The predicted octanol–water partition coefficient (Wildman–Crippen LogP) is 0.462. The second-order valence-corrected chi connectivity index (χ2v) is 3.68. The maximum atomic E-state index is 5.60. The van der Waals surface area contributed by atoms with Gasteiger partial charge in [-0.3, -0.25) is 0 Å². The fourth-order valence-corrected chi connectivity index (χ4v) is 1.95. The summed E-state index contributed by atoms with van der Waals surface area (Å²) in [7, 11) is 0. The Morgan fingerprint density at radius 1 is 1.31 bits per heavy atom. The fourth-order valence-electron chi connectivity index (χ4n) is 1.11. The van der Waals surface area contributed by atoms with Gasteiger partial charge in [0.25, 0.3) is 0 Å². The fraction of sp³-hybridized carbons (Fsp3) is 0.286. The number of hydrogen-bond donors (Lipinski definition) is 2. The molecule has 0 radical (unpaired) electrons. The van der Waals surface area contributed by atoms with Crippen molar-refractivity contribution in [2.75, 3.05) is 11.5 Å². The molecule has 0 amide bonds. The van der Waals surface area contributed by atoms with Gasteiger partial charge >= 0.3 is 0 Å². The van der Waals surface area contributed by atoms with E-state index in [2.05, 4.69) is 15.0 Å². The summed E-state index contributed by atoms with van der Waals surface area (Å²) in [6.07, 6.45) is 0. The highest BCUT2D eigenvalue weighted by atomic mass is 32.2. The van der Waals surface area contributed by atoms with Crippen LogP contribution in [0.3, 0.4) is 0 Å². The number of nitrogens with two attached hydrogens (primary N) is 2. The molecule has 0 spiro atoms. The zero-order chi connectivity index (χ0) is 9.42. The number of nitrogen functional groups attached to an aromatic ring is 1. The highest BCUT2D eigenvalue weighted by molar-refractivity contribution is 8.00. The molecule has 0 saturated heterocycles. The number of amidine groups is 1. The van der Waals surface area contributed by atoms with E-state index in [4.69, 9.17) is 11.5 Å². The normalized spacial score (nSPS) is 15.0. The van der Waals surface area contributed by atoms with E-state index in [-0.39, 0.29) is 0 Å². The molecule has 6 heteroatoms. The van der Waals surface area contributed by atoms with Crippen LogP contribution >= 0.6 is 11.8 Å². The molecule has 1 aromatic rings. The van der Waals surface area contributed by atoms with E-state index in [0.29, 0.717) is 17.5 Å². The van der Waals surface area contributed by atoms with E-state index in [1.54, 1.807) is 0 Å². The summed E-state index contributed by atoms with van der Waals surface area (Å²) >= 11 is 1.54. The van der Waals surface area contributed by atoms with Gasteiger partial charge in [0.15, 0.2) is 0 Å². The summed E-state index contributed by atoms with van der Waals surface area (Å²) in [5.74, 6) is 1.57. The number of aryl methyl sites for hydroxylation is 1. The van der Waals surface area contributed by atoms with Gasteiger partial charge < -0.3 is 11.5 Å². The van der Waals surface area contributed by atoms with Crippen LogP contribution in [0.15, 0.2) is 10.0 Å². The molecule has 2 heterocycles. The Morgan fingerprint density at radius 2 is 2.08 bits per heavy atom. The highest BCUT2D eigenvalue weighted by Gasteiger charge is 2.15. The molecule has 2 rings (SSSR count). The maximum absolute atomic E-state index is 5.60. The van der Waals surface area contributed by atoms with Crippen molar-refractivity contribution < 1.29 is 0 Å². The molecule has 4 N–H and O–H groups in total. The number of aliphatic imine (C=N–C) groups is 1. The lowest BCUT2D eigenvalue weighted by Crippen LogP contribution is -2.17. The van der Waals surface area contributed by atoms with Gasteiger partial charge in [-0.05, 0) is 6.92 Å². The first-order chi connectivity index (χ1) is 6.16. The molecule has 1 aromatic heterocycles. The second-order valence-electron chi connectivity index (χ2n) is 2.71. The van der Waals surface area contributed by atoms with Gasteiger partial charge in [-0.1, -0.05) is 11.8 Å². The van der Waals surface area contributed by atoms with Crippen LogP contribution in [0.4, 0.5) is 11.6 Å². The Kier molecular flexibility index (Phi) is 1.84. The average molecular weight is 195 g/mol. The van der Waals surface area contributed by atoms with Crippen molar-refractivity contribution in [3.8, 4) is 0 Å². The van der Waals surface area contributed by atoms with E-state index < -0.39 is 0 Å². The minimum Gasteiger partial charge on any atom is -0.386 e. The first-order valence-corrected chi connectivity index (χ1v) is 4.75. The van der Waals surface area contributed by atoms with Gasteiger partial charge in [0.05, 0.1) is 11.4 Å². The molecular weight excluding hydrogens is 186 g/mol. The van der Waals surface area contributed by atoms with Gasteiger partial charge in [0.2, 0.25) is 5.95 Å². The number of thioether (sulfide) groups is 1. The van der Waals surface area contributed by atoms with Crippen molar-refractivity contribution >= 4 is 29.2 Å². The summed E-state index contributed by atoms with van der Waals surface area (Å²) < 4.78 is 0. The molecule has 1 aliphatic rings. The third-order valence-corrected chi connectivity index (χ3v) is 2.65. The van der Waals surface area contributed by atoms with Crippen LogP contribution in [0.5, 0.6) is 0 Å². The Bertz CT molecular complexity index is 387. The van der Waals surface area contributed by atoms with Crippen LogP contribution in [0.2, 0.25) is 0 Å². The minimum atomic E-state index is 0.291. The van der Waals surface area contributed by atoms with E-state index >= 15 is 0 Å². The monoisotopic (exact) mass is 195 g/mol. The molecule has 0 fully saturated rings. The van der Waals surface area contributed by atoms with Gasteiger partial charge in [0.1, 0.15) is 16.5 Å². The van der Waals surface area contributed by atoms with Gasteiger partial charge in [-0.2, -0.15) is 0 Å². The Morgan fingerprint density at radius 3 is 2.85 bits per heavy atom. The molecule has 0 bridgehead atoms. The van der Waals surface area contributed by atoms with Gasteiger partial charge in [0, 0.05) is 0 Å². The zero-order valence-corrected chi connectivity index (χ0v) is 7.93. The van der Waals surface area contributed by atoms with Crippen molar-refractivity contribution in [2.24, 2.45) is 10.7 Å². The summed E-state index contributed by atoms with van der Waals surface area (Å²) in [4.78, 5) is 12.3. The predicted molar refractivity (Wildman–Crippen MR) is 53.2 cm³/mol. The Hall–Kier alpha value is -1.30. The summed E-state index contributed by atoms with van der Waals surface area (Å²) in [6, 6.07) is 0. The Balaban J connectivity index is 2.61. The molecule has 0 saturated carbocycles. The van der Waals surface area contributed by atoms with E-state index in [1.165, 1.54) is 11.8 Å². The van der Waals surface area contributed by atoms with Crippen LogP contribution in [0, 0.1) is 6.92 Å². The van der Waals surface area contributed by atoms with Gasteiger partial charge in [-0.15, -0.1) is 0 Å². The summed E-state index contributed by atoms with van der Waals surface area (Å²) in [5, 5.41) is 0.819. The topological polar surface area (TPSA) is 90.2 Å². The van der Waals surface area contributed by atoms with E-state index in [1.807, 2.05) is 6.92 Å². The highest BCUT2D eigenvalue weighted by Crippen LogP contribution is 2.33. The number of hydrogen-bond acceptors (Lipinski definition) is 6. The molecule has 0 unspecified atom stereocenters. The molecular formula is C7H9N5S. The molecule has 0 aromatic carbocycles. The first kappa shape index (κ1) is 8.31. The van der Waals surface area contributed by atoms with Crippen LogP contribution in [-0.4, -0.2) is 21.6 Å². The van der Waals surface area contributed by atoms with Crippen molar-refractivity contribution in [1.29, 1.82) is 0 Å². The number of anilines is 1. The first-order valence-electron chi connectivity index (χ1n) is 3.77. The van der Waals surface area contributed by atoms with E-state index in [0.717, 1.165) is 16.4 Å². The second kappa shape index (κ2) is 2.88. The van der Waals surface area contributed by atoms with Crippen LogP contribution in [-0.2, 0) is 0 Å². The number of nitrogens with zero attached hydrogens (tertiary/aromatic N) is 3. The molecule has 1 aliphatic heterocycles. The zero-order valence-electron chi connectivity index (χ0n) is 7.11. The SMILES string of the molecule is Cc1nc(N)nc2c1N=C(N)CS2. The summed E-state index contributed by atoms with van der Waals surface area (Å²) in [5.41, 5.74) is 12.6. The molecule has 0 atom stereocenters. The van der Waals surface area contributed by atoms with Crippen molar-refractivity contribution in [3.05, 3.63) is 5.69 Å². The lowest BCUT2D eigenvalue weighted by atomic mass is 10.4. The number of aromatic nitrogens is 2. The lowest BCUT2D eigenvalue weighted by molar-refractivity contribution is 1.01. The standard InChI is InChI=1S/C7H9N5S/c1-3-5-6(12-7(9)10-3)13-2-4(8)11-5/h2H2,1H3,(H2,8,11)(H2,9,10,12). The Labute approximate surface area is 79.7 Å². The molecule has 68 valence electrons. The summed E-state index contributed by atoms with van der Waals surface area (Å²) in [6.45, 7) is 1.85. The smallest absolute Gasteiger partial charge is 0.221 e. The van der Waals surface area contributed by atoms with Crippen molar-refractivity contribution in [3.63, 3.8) is 0 Å². The molecule has 13 heavy (non-hydrogen) atoms. The minimum absolute atomic E-state index is 0.291. The third kappa shape index (κ3) is 1.44.